The van der Waals surface area contributed by atoms with Gasteiger partial charge in [-0.3, -0.25) is 9.36 Å². The summed E-state index contributed by atoms with van der Waals surface area (Å²) in [6, 6.07) is 4.97. The quantitative estimate of drug-likeness (QED) is 0.779. The zero-order valence-electron chi connectivity index (χ0n) is 11.5. The zero-order valence-corrected chi connectivity index (χ0v) is 12.3. The lowest BCUT2D eigenvalue weighted by molar-refractivity contribution is -0.137. The summed E-state index contributed by atoms with van der Waals surface area (Å²) in [7, 11) is 0. The van der Waals surface area contributed by atoms with Gasteiger partial charge in [0.2, 0.25) is 0 Å². The molecule has 2 aromatic heterocycles. The molecule has 0 spiro atoms. The van der Waals surface area contributed by atoms with Crippen LogP contribution < -0.4 is 11.3 Å². The average Bonchev–Trinajstić information content (AvgIpc) is 2.84. The van der Waals surface area contributed by atoms with Crippen molar-refractivity contribution in [3.63, 3.8) is 0 Å². The van der Waals surface area contributed by atoms with Crippen LogP contribution in [0.1, 0.15) is 11.1 Å². The van der Waals surface area contributed by atoms with E-state index in [-0.39, 0.29) is 22.6 Å². The maximum Gasteiger partial charge on any atom is 0.417 e. The highest BCUT2D eigenvalue weighted by molar-refractivity contribution is 6.31. The van der Waals surface area contributed by atoms with Crippen LogP contribution in [0.4, 0.5) is 18.9 Å². The molecule has 0 bridgehead atoms. The van der Waals surface area contributed by atoms with E-state index in [9.17, 15) is 18.0 Å². The number of hydrogen-bond acceptors (Lipinski definition) is 3. The monoisotopic (exact) mass is 342 g/mol. The molecule has 0 unspecified atom stereocenters. The maximum atomic E-state index is 12.9. The summed E-state index contributed by atoms with van der Waals surface area (Å²) < 4.78 is 41.1. The number of aromatic nitrogens is 3. The van der Waals surface area contributed by atoms with Crippen LogP contribution >= 0.6 is 11.6 Å². The lowest BCUT2D eigenvalue weighted by Crippen LogP contribution is -2.23. The van der Waals surface area contributed by atoms with Crippen LogP contribution in [0.25, 0.3) is 5.52 Å². The first-order valence-corrected chi connectivity index (χ1v) is 6.82. The Balaban J connectivity index is 2.03. The van der Waals surface area contributed by atoms with Gasteiger partial charge in [-0.15, -0.1) is 0 Å². The Labute approximate surface area is 132 Å². The van der Waals surface area contributed by atoms with E-state index < -0.39 is 17.3 Å². The molecule has 2 N–H and O–H groups in total. The van der Waals surface area contributed by atoms with Crippen LogP contribution in [0, 0.1) is 0 Å². The average molecular weight is 343 g/mol. The second kappa shape index (κ2) is 5.31. The summed E-state index contributed by atoms with van der Waals surface area (Å²) in [5.41, 5.74) is 5.16. The number of nitrogens with two attached hydrogens (primary N) is 1. The highest BCUT2D eigenvalue weighted by Gasteiger charge is 2.33. The van der Waals surface area contributed by atoms with Gasteiger partial charge >= 0.3 is 6.18 Å². The number of alkyl halides is 3. The number of fused-ring (bicyclic) bond motifs is 1. The third-order valence-electron chi connectivity index (χ3n) is 3.31. The topological polar surface area (TPSA) is 65.3 Å². The Morgan fingerprint density at radius 1 is 1.26 bits per heavy atom. The Hall–Kier alpha value is -2.48. The van der Waals surface area contributed by atoms with E-state index in [1.54, 1.807) is 0 Å². The molecule has 2 heterocycles. The fourth-order valence-corrected chi connectivity index (χ4v) is 2.47. The largest absolute Gasteiger partial charge is 0.417 e. The minimum absolute atomic E-state index is 0.0618. The van der Waals surface area contributed by atoms with Gasteiger partial charge in [-0.1, -0.05) is 17.7 Å². The summed E-state index contributed by atoms with van der Waals surface area (Å²) in [6.07, 6.45) is -1.84. The number of hydrogen-bond donors (Lipinski definition) is 1. The van der Waals surface area contributed by atoms with Crippen molar-refractivity contribution < 1.29 is 13.2 Å². The number of halogens is 4. The predicted molar refractivity (Wildman–Crippen MR) is 79.4 cm³/mol. The van der Waals surface area contributed by atoms with Crippen LogP contribution in [0.3, 0.4) is 0 Å². The highest BCUT2D eigenvalue weighted by Crippen LogP contribution is 2.35. The van der Waals surface area contributed by atoms with Crippen LogP contribution in [0.2, 0.25) is 5.02 Å². The van der Waals surface area contributed by atoms with Gasteiger partial charge in [0.05, 0.1) is 29.0 Å². The first-order valence-electron chi connectivity index (χ1n) is 6.44. The zero-order chi connectivity index (χ0) is 16.8. The van der Waals surface area contributed by atoms with Crippen LogP contribution in [-0.4, -0.2) is 14.2 Å². The van der Waals surface area contributed by atoms with E-state index in [0.29, 0.717) is 5.69 Å². The van der Waals surface area contributed by atoms with Gasteiger partial charge in [-0.2, -0.15) is 18.3 Å². The SMILES string of the molecule is Nc1cc2c(=O)n(Cc3ccc(Cl)c(C(F)(F)F)c3)cnn2c1. The number of nitrogen functional groups attached to an aromatic ring is 1. The molecule has 120 valence electrons. The molecule has 3 rings (SSSR count). The number of nitrogens with zero attached hydrogens (tertiary/aromatic N) is 3. The molecule has 0 amide bonds. The number of benzene rings is 1. The van der Waals surface area contributed by atoms with E-state index in [1.807, 2.05) is 0 Å². The second-order valence-corrected chi connectivity index (χ2v) is 5.39. The van der Waals surface area contributed by atoms with Gasteiger partial charge in [-0.25, -0.2) is 4.52 Å². The van der Waals surface area contributed by atoms with Crippen molar-refractivity contribution in [3.05, 3.63) is 63.3 Å². The van der Waals surface area contributed by atoms with Gasteiger partial charge in [0, 0.05) is 0 Å². The summed E-state index contributed by atoms with van der Waals surface area (Å²) in [6.45, 7) is -0.0618. The fourth-order valence-electron chi connectivity index (χ4n) is 2.24. The van der Waals surface area contributed by atoms with E-state index in [2.05, 4.69) is 5.10 Å². The Morgan fingerprint density at radius 2 is 2.00 bits per heavy atom. The molecule has 0 aliphatic rings. The van der Waals surface area contributed by atoms with Crippen LogP contribution in [0.15, 0.2) is 41.6 Å². The molecule has 9 heteroatoms. The van der Waals surface area contributed by atoms with Gasteiger partial charge in [0.1, 0.15) is 11.8 Å². The van der Waals surface area contributed by atoms with E-state index in [0.717, 1.165) is 12.1 Å². The highest BCUT2D eigenvalue weighted by atomic mass is 35.5. The second-order valence-electron chi connectivity index (χ2n) is 4.98. The Bertz CT molecular complexity index is 945. The minimum Gasteiger partial charge on any atom is -0.397 e. The molecule has 0 aliphatic carbocycles. The van der Waals surface area contributed by atoms with Gasteiger partial charge in [-0.05, 0) is 23.8 Å². The molecule has 0 radical (unpaired) electrons. The van der Waals surface area contributed by atoms with Gasteiger partial charge < -0.3 is 5.73 Å². The van der Waals surface area contributed by atoms with Gasteiger partial charge in [0.25, 0.3) is 5.56 Å². The molecule has 0 atom stereocenters. The lowest BCUT2D eigenvalue weighted by atomic mass is 10.1. The summed E-state index contributed by atoms with van der Waals surface area (Å²) >= 11 is 5.58. The van der Waals surface area contributed by atoms with Crippen molar-refractivity contribution >= 4 is 22.8 Å². The number of anilines is 1. The third kappa shape index (κ3) is 2.89. The third-order valence-corrected chi connectivity index (χ3v) is 3.64. The van der Waals surface area contributed by atoms with Crippen molar-refractivity contribution in [2.75, 3.05) is 5.73 Å². The molecule has 3 aromatic rings. The van der Waals surface area contributed by atoms with Crippen LogP contribution in [0.5, 0.6) is 0 Å². The molecule has 0 saturated carbocycles. The summed E-state index contributed by atoms with van der Waals surface area (Å²) in [5.74, 6) is 0. The summed E-state index contributed by atoms with van der Waals surface area (Å²) in [4.78, 5) is 12.3. The number of rotatable bonds is 2. The van der Waals surface area contributed by atoms with Crippen molar-refractivity contribution in [2.24, 2.45) is 0 Å². The molecule has 0 saturated heterocycles. The first kappa shape index (κ1) is 15.4. The van der Waals surface area contributed by atoms with E-state index in [4.69, 9.17) is 17.3 Å². The smallest absolute Gasteiger partial charge is 0.397 e. The van der Waals surface area contributed by atoms with E-state index >= 15 is 0 Å². The maximum absolute atomic E-state index is 12.9. The van der Waals surface area contributed by atoms with Crippen LogP contribution in [-0.2, 0) is 12.7 Å². The predicted octanol–water partition coefficient (Wildman–Crippen LogP) is 2.80. The Morgan fingerprint density at radius 3 is 2.70 bits per heavy atom. The normalized spacial score (nSPS) is 12.0. The molecule has 5 nitrogen and oxygen atoms in total. The molecular formula is C14H10ClF3N4O. The fraction of sp³-hybridized carbons (Fsp3) is 0.143. The van der Waals surface area contributed by atoms with Crippen molar-refractivity contribution in [3.8, 4) is 0 Å². The standard InChI is InChI=1S/C14H10ClF3N4O/c15-11-2-1-8(3-10(11)14(16,17)18)5-21-7-20-22-6-9(19)4-12(22)13(21)23/h1-4,6-7H,5,19H2. The molecule has 23 heavy (non-hydrogen) atoms. The molecule has 1 aromatic carbocycles. The summed E-state index contributed by atoms with van der Waals surface area (Å²) in [5, 5.41) is 3.61. The molecule has 0 fully saturated rings. The van der Waals surface area contributed by atoms with Crippen molar-refractivity contribution in [1.82, 2.24) is 14.2 Å². The minimum atomic E-state index is -4.56. The van der Waals surface area contributed by atoms with E-state index in [1.165, 1.54) is 33.7 Å². The lowest BCUT2D eigenvalue weighted by Gasteiger charge is -2.12. The molecular weight excluding hydrogens is 333 g/mol. The van der Waals surface area contributed by atoms with Crippen molar-refractivity contribution in [2.45, 2.75) is 12.7 Å². The molecule has 0 aliphatic heterocycles. The van der Waals surface area contributed by atoms with Crippen molar-refractivity contribution in [1.29, 1.82) is 0 Å². The first-order chi connectivity index (χ1) is 10.8. The Kier molecular flexibility index (Phi) is 3.56. The van der Waals surface area contributed by atoms with Gasteiger partial charge in [0.15, 0.2) is 0 Å².